The minimum absolute atomic E-state index is 0.300. The smallest absolute Gasteiger partial charge is 0.136 e. The maximum absolute atomic E-state index is 12.1. The van der Waals surface area contributed by atoms with Crippen LogP contribution < -0.4 is 0 Å². The lowest BCUT2D eigenvalue weighted by atomic mass is 9.76. The first kappa shape index (κ1) is 13.7. The van der Waals surface area contributed by atoms with Gasteiger partial charge in [0.2, 0.25) is 0 Å². The van der Waals surface area contributed by atoms with Crippen LogP contribution in [0.3, 0.4) is 0 Å². The van der Waals surface area contributed by atoms with Gasteiger partial charge in [-0.1, -0.05) is 47.0 Å². The van der Waals surface area contributed by atoms with Crippen LogP contribution in [-0.2, 0) is 4.79 Å². The summed E-state index contributed by atoms with van der Waals surface area (Å²) in [6.07, 6.45) is 8.02. The second kappa shape index (κ2) is 5.84. The molecule has 0 radical (unpaired) electrons. The molecule has 0 spiro atoms. The second-order valence-corrected chi connectivity index (χ2v) is 6.66. The number of hydrogen-bond acceptors (Lipinski definition) is 1. The molecule has 1 saturated carbocycles. The molecule has 0 aromatic heterocycles. The van der Waals surface area contributed by atoms with E-state index in [1.54, 1.807) is 0 Å². The lowest BCUT2D eigenvalue weighted by molar-refractivity contribution is -0.124. The Balaban J connectivity index is 2.36. The molecule has 16 heavy (non-hydrogen) atoms. The molecule has 1 aliphatic carbocycles. The van der Waals surface area contributed by atoms with Gasteiger partial charge in [-0.15, -0.1) is 0 Å². The lowest BCUT2D eigenvalue weighted by Gasteiger charge is -2.28. The first-order valence-corrected chi connectivity index (χ1v) is 6.95. The maximum Gasteiger partial charge on any atom is 0.136 e. The Morgan fingerprint density at radius 1 is 1.25 bits per heavy atom. The monoisotopic (exact) mass is 224 g/mol. The van der Waals surface area contributed by atoms with Gasteiger partial charge in [0, 0.05) is 12.3 Å². The average molecular weight is 224 g/mol. The fourth-order valence-corrected chi connectivity index (χ4v) is 2.66. The fourth-order valence-electron chi connectivity index (χ4n) is 2.66. The molecule has 0 saturated heterocycles. The van der Waals surface area contributed by atoms with Crippen LogP contribution in [0.2, 0.25) is 0 Å². The molecule has 1 nitrogen and oxygen atoms in total. The largest absolute Gasteiger partial charge is 0.299 e. The van der Waals surface area contributed by atoms with Crippen molar-refractivity contribution in [3.05, 3.63) is 0 Å². The summed E-state index contributed by atoms with van der Waals surface area (Å²) < 4.78 is 0. The van der Waals surface area contributed by atoms with Crippen LogP contribution in [0.25, 0.3) is 0 Å². The highest BCUT2D eigenvalue weighted by Crippen LogP contribution is 2.33. The summed E-state index contributed by atoms with van der Waals surface area (Å²) in [6, 6.07) is 0. The third kappa shape index (κ3) is 4.67. The van der Waals surface area contributed by atoms with E-state index in [2.05, 4.69) is 27.7 Å². The first-order valence-electron chi connectivity index (χ1n) is 6.95. The van der Waals surface area contributed by atoms with Crippen molar-refractivity contribution in [1.29, 1.82) is 0 Å². The Morgan fingerprint density at radius 2 is 1.94 bits per heavy atom. The molecule has 1 fully saturated rings. The highest BCUT2D eigenvalue weighted by molar-refractivity contribution is 5.81. The van der Waals surface area contributed by atoms with Crippen molar-refractivity contribution in [2.45, 2.75) is 72.6 Å². The van der Waals surface area contributed by atoms with Gasteiger partial charge in [0.15, 0.2) is 0 Å². The first-order chi connectivity index (χ1) is 7.42. The molecule has 0 aliphatic heterocycles. The van der Waals surface area contributed by atoms with E-state index in [0.717, 1.165) is 25.2 Å². The van der Waals surface area contributed by atoms with Gasteiger partial charge in [0.25, 0.3) is 0 Å². The Bertz CT molecular complexity index is 224. The molecule has 0 bridgehead atoms. The third-order valence-electron chi connectivity index (χ3n) is 3.94. The molecular formula is C15H28O. The minimum atomic E-state index is 0.300. The molecule has 0 aromatic rings. The summed E-state index contributed by atoms with van der Waals surface area (Å²) in [5.41, 5.74) is 0.300. The molecule has 1 rings (SSSR count). The van der Waals surface area contributed by atoms with E-state index in [-0.39, 0.29) is 0 Å². The van der Waals surface area contributed by atoms with Crippen LogP contribution in [0.5, 0.6) is 0 Å². The predicted octanol–water partition coefficient (Wildman–Crippen LogP) is 4.60. The van der Waals surface area contributed by atoms with Gasteiger partial charge >= 0.3 is 0 Å². The molecule has 2 unspecified atom stereocenters. The van der Waals surface area contributed by atoms with Crippen molar-refractivity contribution in [3.8, 4) is 0 Å². The summed E-state index contributed by atoms with van der Waals surface area (Å²) in [6.45, 7) is 8.91. The Morgan fingerprint density at radius 3 is 2.50 bits per heavy atom. The predicted molar refractivity (Wildman–Crippen MR) is 69.4 cm³/mol. The highest BCUT2D eigenvalue weighted by Gasteiger charge is 2.26. The summed E-state index contributed by atoms with van der Waals surface area (Å²) in [7, 11) is 0. The molecule has 0 N–H and O–H groups in total. The van der Waals surface area contributed by atoms with Crippen LogP contribution in [0.4, 0.5) is 0 Å². The van der Waals surface area contributed by atoms with E-state index in [1.807, 2.05) is 0 Å². The van der Waals surface area contributed by atoms with E-state index in [0.29, 0.717) is 17.1 Å². The van der Waals surface area contributed by atoms with Crippen molar-refractivity contribution >= 4 is 5.78 Å². The molecule has 0 amide bonds. The molecule has 1 heteroatoms. The SMILES string of the molecule is CCC1CCCC(C(=O)CCC(C)(C)C)C1. The van der Waals surface area contributed by atoms with Gasteiger partial charge in [-0.05, 0) is 30.6 Å². The lowest BCUT2D eigenvalue weighted by Crippen LogP contribution is -2.23. The average Bonchev–Trinajstić information content (AvgIpc) is 2.25. The zero-order valence-corrected chi connectivity index (χ0v) is 11.5. The van der Waals surface area contributed by atoms with Crippen molar-refractivity contribution in [3.63, 3.8) is 0 Å². The maximum atomic E-state index is 12.1. The van der Waals surface area contributed by atoms with E-state index >= 15 is 0 Å². The number of ketones is 1. The summed E-state index contributed by atoms with van der Waals surface area (Å²) in [4.78, 5) is 12.1. The number of carbonyl (C=O) groups excluding carboxylic acids is 1. The zero-order valence-electron chi connectivity index (χ0n) is 11.5. The fraction of sp³-hybridized carbons (Fsp3) is 0.933. The number of Topliss-reactive ketones (excluding diaryl/α,β-unsaturated/α-hetero) is 1. The molecule has 2 atom stereocenters. The summed E-state index contributed by atoms with van der Waals surface area (Å²) in [5, 5.41) is 0. The van der Waals surface area contributed by atoms with Crippen LogP contribution >= 0.6 is 0 Å². The van der Waals surface area contributed by atoms with E-state index < -0.39 is 0 Å². The van der Waals surface area contributed by atoms with Crippen LogP contribution in [0.15, 0.2) is 0 Å². The summed E-state index contributed by atoms with van der Waals surface area (Å²) in [5.74, 6) is 1.74. The van der Waals surface area contributed by atoms with Gasteiger partial charge in [-0.3, -0.25) is 4.79 Å². The van der Waals surface area contributed by atoms with Gasteiger partial charge in [0.1, 0.15) is 5.78 Å². The van der Waals surface area contributed by atoms with Crippen molar-refractivity contribution in [2.24, 2.45) is 17.3 Å². The molecule has 1 aliphatic rings. The topological polar surface area (TPSA) is 17.1 Å². The standard InChI is InChI=1S/C15H28O/c1-5-12-7-6-8-13(11-12)14(16)9-10-15(2,3)4/h12-13H,5-11H2,1-4H3. The quantitative estimate of drug-likeness (QED) is 0.682. The number of hydrogen-bond donors (Lipinski definition) is 0. The Labute approximate surface area is 101 Å². The number of carbonyl (C=O) groups is 1. The third-order valence-corrected chi connectivity index (χ3v) is 3.94. The van der Waals surface area contributed by atoms with E-state index in [1.165, 1.54) is 25.7 Å². The normalized spacial score (nSPS) is 26.8. The van der Waals surface area contributed by atoms with Gasteiger partial charge in [-0.25, -0.2) is 0 Å². The Kier molecular flexibility index (Phi) is 5.01. The van der Waals surface area contributed by atoms with Gasteiger partial charge in [-0.2, -0.15) is 0 Å². The van der Waals surface area contributed by atoms with Crippen molar-refractivity contribution in [1.82, 2.24) is 0 Å². The molecule has 0 heterocycles. The van der Waals surface area contributed by atoms with Gasteiger partial charge in [0.05, 0.1) is 0 Å². The van der Waals surface area contributed by atoms with Crippen molar-refractivity contribution < 1.29 is 4.79 Å². The Hall–Kier alpha value is -0.330. The molecule has 94 valence electrons. The second-order valence-electron chi connectivity index (χ2n) is 6.66. The van der Waals surface area contributed by atoms with Gasteiger partial charge < -0.3 is 0 Å². The van der Waals surface area contributed by atoms with Crippen LogP contribution in [0, 0.1) is 17.3 Å². The van der Waals surface area contributed by atoms with Crippen molar-refractivity contribution in [2.75, 3.05) is 0 Å². The highest BCUT2D eigenvalue weighted by atomic mass is 16.1. The van der Waals surface area contributed by atoms with E-state index in [4.69, 9.17) is 0 Å². The molecule has 0 aromatic carbocycles. The minimum Gasteiger partial charge on any atom is -0.299 e. The van der Waals surface area contributed by atoms with Crippen LogP contribution in [-0.4, -0.2) is 5.78 Å². The zero-order chi connectivity index (χ0) is 12.2. The van der Waals surface area contributed by atoms with E-state index in [9.17, 15) is 4.79 Å². The van der Waals surface area contributed by atoms with Crippen LogP contribution in [0.1, 0.15) is 72.6 Å². The molecular weight excluding hydrogens is 196 g/mol. The number of rotatable bonds is 4. The summed E-state index contributed by atoms with van der Waals surface area (Å²) >= 11 is 0.